The Balaban J connectivity index is 0.00000242. The Labute approximate surface area is 150 Å². The van der Waals surface area contributed by atoms with E-state index in [1.165, 1.54) is 5.69 Å². The fraction of sp³-hybridized carbons (Fsp3) is 0.562. The minimum absolute atomic E-state index is 0. The van der Waals surface area contributed by atoms with Crippen molar-refractivity contribution in [2.45, 2.75) is 12.8 Å². The van der Waals surface area contributed by atoms with Gasteiger partial charge in [-0.2, -0.15) is 0 Å². The Bertz CT molecular complexity index is 435. The zero-order valence-corrected chi connectivity index (χ0v) is 15.6. The van der Waals surface area contributed by atoms with E-state index in [4.69, 9.17) is 10.5 Å². The van der Waals surface area contributed by atoms with Gasteiger partial charge >= 0.3 is 0 Å². The Kier molecular flexibility index (Phi) is 9.22. The van der Waals surface area contributed by atoms with Gasteiger partial charge in [-0.1, -0.05) is 18.2 Å². The highest BCUT2D eigenvalue weighted by Gasteiger charge is 2.11. The summed E-state index contributed by atoms with van der Waals surface area (Å²) < 4.78 is 5.30. The first kappa shape index (κ1) is 19.0. The number of nitrogens with zero attached hydrogens (tertiary/aromatic N) is 3. The molecule has 1 aliphatic heterocycles. The number of hydrogen-bond acceptors (Lipinski definition) is 3. The van der Waals surface area contributed by atoms with Crippen LogP contribution in [0.5, 0.6) is 0 Å². The van der Waals surface area contributed by atoms with Crippen LogP contribution >= 0.6 is 24.0 Å². The van der Waals surface area contributed by atoms with Crippen molar-refractivity contribution in [3.63, 3.8) is 0 Å². The molecule has 0 bridgehead atoms. The zero-order valence-electron chi connectivity index (χ0n) is 13.3. The lowest BCUT2D eigenvalue weighted by atomic mass is 10.2. The third-order valence-corrected chi connectivity index (χ3v) is 3.71. The lowest BCUT2D eigenvalue weighted by Gasteiger charge is -2.27. The minimum Gasteiger partial charge on any atom is -0.378 e. The molecule has 1 aromatic carbocycles. The van der Waals surface area contributed by atoms with E-state index >= 15 is 0 Å². The highest BCUT2D eigenvalue weighted by atomic mass is 127. The average molecular weight is 418 g/mol. The topological polar surface area (TPSA) is 54.1 Å². The minimum atomic E-state index is 0. The molecule has 1 aromatic rings. The molecule has 22 heavy (non-hydrogen) atoms. The molecule has 2 N–H and O–H groups in total. The smallest absolute Gasteiger partial charge is 0.191 e. The van der Waals surface area contributed by atoms with Gasteiger partial charge in [0.1, 0.15) is 0 Å². The van der Waals surface area contributed by atoms with Gasteiger partial charge in [0.25, 0.3) is 0 Å². The molecule has 0 unspecified atom stereocenters. The van der Waals surface area contributed by atoms with E-state index in [1.54, 1.807) is 0 Å². The number of morpholine rings is 1. The fourth-order valence-electron chi connectivity index (χ4n) is 2.36. The number of halogens is 1. The van der Waals surface area contributed by atoms with Crippen LogP contribution in [0.2, 0.25) is 0 Å². The highest BCUT2D eigenvalue weighted by Crippen LogP contribution is 2.11. The van der Waals surface area contributed by atoms with Crippen LogP contribution in [0.4, 0.5) is 5.69 Å². The maximum Gasteiger partial charge on any atom is 0.191 e. The quantitative estimate of drug-likeness (QED) is 0.333. The molecule has 0 radical (unpaired) electrons. The second-order valence-electron chi connectivity index (χ2n) is 5.30. The number of unbranched alkanes of at least 4 members (excludes halogenated alkanes) is 1. The molecule has 0 atom stereocenters. The van der Waals surface area contributed by atoms with Crippen molar-refractivity contribution in [2.24, 2.45) is 10.7 Å². The van der Waals surface area contributed by atoms with E-state index in [9.17, 15) is 0 Å². The number of aliphatic imine (C=N–C) groups is 1. The van der Waals surface area contributed by atoms with E-state index in [1.807, 2.05) is 6.07 Å². The van der Waals surface area contributed by atoms with E-state index < -0.39 is 0 Å². The molecule has 1 fully saturated rings. The number of ether oxygens (including phenoxy) is 1. The van der Waals surface area contributed by atoms with Crippen LogP contribution in [0, 0.1) is 0 Å². The van der Waals surface area contributed by atoms with Crippen LogP contribution in [0.1, 0.15) is 12.8 Å². The lowest BCUT2D eigenvalue weighted by Crippen LogP contribution is -2.44. The van der Waals surface area contributed by atoms with Gasteiger partial charge in [-0.25, -0.2) is 0 Å². The first-order valence-corrected chi connectivity index (χ1v) is 7.66. The van der Waals surface area contributed by atoms with Crippen molar-refractivity contribution in [1.82, 2.24) is 4.90 Å². The second-order valence-corrected chi connectivity index (χ2v) is 5.30. The summed E-state index contributed by atoms with van der Waals surface area (Å²) in [5.74, 6) is 0.662. The summed E-state index contributed by atoms with van der Waals surface area (Å²) in [6.07, 6.45) is 2.17. The number of benzene rings is 1. The summed E-state index contributed by atoms with van der Waals surface area (Å²) in [5, 5.41) is 0. The summed E-state index contributed by atoms with van der Waals surface area (Å²) in [5.41, 5.74) is 7.25. The number of anilines is 1. The second kappa shape index (κ2) is 10.7. The largest absolute Gasteiger partial charge is 0.378 e. The summed E-state index contributed by atoms with van der Waals surface area (Å²) in [7, 11) is 2.13. The number of guanidine groups is 1. The van der Waals surface area contributed by atoms with Crippen molar-refractivity contribution in [1.29, 1.82) is 0 Å². The molecule has 0 aromatic heterocycles. The molecule has 124 valence electrons. The first-order valence-electron chi connectivity index (χ1n) is 7.66. The summed E-state index contributed by atoms with van der Waals surface area (Å²) in [6, 6.07) is 10.4. The molecule has 0 spiro atoms. The predicted octanol–water partition coefficient (Wildman–Crippen LogP) is 2.17. The van der Waals surface area contributed by atoms with E-state index in [2.05, 4.69) is 46.1 Å². The van der Waals surface area contributed by atoms with E-state index in [-0.39, 0.29) is 24.0 Å². The molecule has 2 rings (SSSR count). The molecule has 6 heteroatoms. The molecule has 1 heterocycles. The van der Waals surface area contributed by atoms with Gasteiger partial charge in [-0.3, -0.25) is 4.99 Å². The monoisotopic (exact) mass is 418 g/mol. The van der Waals surface area contributed by atoms with Crippen molar-refractivity contribution in [3.8, 4) is 0 Å². The Morgan fingerprint density at radius 1 is 1.23 bits per heavy atom. The van der Waals surface area contributed by atoms with Gasteiger partial charge in [0.05, 0.1) is 13.2 Å². The van der Waals surface area contributed by atoms with E-state index in [0.717, 1.165) is 52.2 Å². The summed E-state index contributed by atoms with van der Waals surface area (Å²) in [6.45, 7) is 5.04. The highest BCUT2D eigenvalue weighted by molar-refractivity contribution is 14.0. The lowest BCUT2D eigenvalue weighted by molar-refractivity contribution is 0.0674. The maximum absolute atomic E-state index is 5.99. The van der Waals surface area contributed by atoms with Gasteiger partial charge in [0, 0.05) is 38.9 Å². The number of rotatable bonds is 6. The average Bonchev–Trinajstić information content (AvgIpc) is 2.55. The number of hydrogen-bond donors (Lipinski definition) is 1. The molecular weight excluding hydrogens is 391 g/mol. The summed E-state index contributed by atoms with van der Waals surface area (Å²) >= 11 is 0. The van der Waals surface area contributed by atoms with Gasteiger partial charge in [0.2, 0.25) is 0 Å². The Hall–Kier alpha value is -1.02. The third-order valence-electron chi connectivity index (χ3n) is 3.71. The van der Waals surface area contributed by atoms with Crippen LogP contribution in [0.25, 0.3) is 0 Å². The van der Waals surface area contributed by atoms with Crippen LogP contribution < -0.4 is 10.6 Å². The zero-order chi connectivity index (χ0) is 14.9. The molecule has 1 aliphatic rings. The first-order chi connectivity index (χ1) is 10.3. The standard InChI is InChI=1S/C16H26N4O.HI/c1-19(15-7-3-2-4-8-15)10-6-5-9-18-16(17)20-11-13-21-14-12-20;/h2-4,7-8H,5-6,9-14H2,1H3,(H2,17,18);1H. The maximum atomic E-state index is 5.99. The molecular formula is C16H27IN4O. The molecule has 0 amide bonds. The number of para-hydroxylation sites is 1. The molecule has 5 nitrogen and oxygen atoms in total. The normalized spacial score (nSPS) is 15.3. The van der Waals surface area contributed by atoms with Crippen LogP contribution in [0.15, 0.2) is 35.3 Å². The van der Waals surface area contributed by atoms with Crippen LogP contribution in [0.3, 0.4) is 0 Å². The van der Waals surface area contributed by atoms with Crippen LogP contribution in [-0.4, -0.2) is 57.3 Å². The van der Waals surface area contributed by atoms with Gasteiger partial charge in [-0.15, -0.1) is 24.0 Å². The van der Waals surface area contributed by atoms with Gasteiger partial charge < -0.3 is 20.3 Å². The summed E-state index contributed by atoms with van der Waals surface area (Å²) in [4.78, 5) is 8.83. The van der Waals surface area contributed by atoms with Crippen molar-refractivity contribution >= 4 is 35.6 Å². The SMILES string of the molecule is CN(CCCCN=C(N)N1CCOCC1)c1ccccc1.I. The van der Waals surface area contributed by atoms with Crippen molar-refractivity contribution in [2.75, 3.05) is 51.3 Å². The molecule has 0 aliphatic carbocycles. The van der Waals surface area contributed by atoms with Gasteiger partial charge in [0.15, 0.2) is 5.96 Å². The predicted molar refractivity (Wildman–Crippen MR) is 103 cm³/mol. The number of nitrogens with two attached hydrogens (primary N) is 1. The molecule has 0 saturated carbocycles. The van der Waals surface area contributed by atoms with Crippen molar-refractivity contribution in [3.05, 3.63) is 30.3 Å². The van der Waals surface area contributed by atoms with Crippen molar-refractivity contribution < 1.29 is 4.74 Å². The molecule has 1 saturated heterocycles. The Morgan fingerprint density at radius 3 is 2.59 bits per heavy atom. The Morgan fingerprint density at radius 2 is 1.91 bits per heavy atom. The van der Waals surface area contributed by atoms with Crippen LogP contribution in [-0.2, 0) is 4.74 Å². The van der Waals surface area contributed by atoms with E-state index in [0.29, 0.717) is 5.96 Å². The van der Waals surface area contributed by atoms with Gasteiger partial charge in [-0.05, 0) is 25.0 Å². The fourth-order valence-corrected chi connectivity index (χ4v) is 2.36. The third kappa shape index (κ3) is 6.39.